The molecule has 2 atom stereocenters. The lowest BCUT2D eigenvalue weighted by molar-refractivity contribution is 0.287. The molecule has 0 aliphatic heterocycles. The van der Waals surface area contributed by atoms with E-state index in [9.17, 15) is 13.0 Å². The molecule has 3 aromatic carbocycles. The van der Waals surface area contributed by atoms with Crippen molar-refractivity contribution < 1.29 is 17.7 Å². The van der Waals surface area contributed by atoms with Gasteiger partial charge in [-0.2, -0.15) is 8.42 Å². The molecular weight excluding hydrogens is 524 g/mol. The zero-order valence-electron chi connectivity index (χ0n) is 19.8. The van der Waals surface area contributed by atoms with Gasteiger partial charge in [0.15, 0.2) is 0 Å². The molecule has 1 aliphatic carbocycles. The lowest BCUT2D eigenvalue weighted by Gasteiger charge is -2.45. The number of hydrogen-bond donors (Lipinski definition) is 1. The second-order valence-corrected chi connectivity index (χ2v) is 11.3. The molecule has 35 heavy (non-hydrogen) atoms. The Kier molecular flexibility index (Phi) is 7.64. The largest absolute Gasteiger partial charge is 0.489 e. The molecule has 1 N–H and O–H groups in total. The highest BCUT2D eigenvalue weighted by Crippen LogP contribution is 2.55. The van der Waals surface area contributed by atoms with Crippen LogP contribution in [0.1, 0.15) is 49.3 Å². The first-order valence-electron chi connectivity index (χ1n) is 11.6. The van der Waals surface area contributed by atoms with Gasteiger partial charge in [-0.15, -0.1) is 0 Å². The van der Waals surface area contributed by atoms with E-state index in [2.05, 4.69) is 35.0 Å². The highest BCUT2D eigenvalue weighted by atomic mass is 79.9. The van der Waals surface area contributed by atoms with Crippen LogP contribution in [0.15, 0.2) is 106 Å². The van der Waals surface area contributed by atoms with E-state index in [0.717, 1.165) is 33.2 Å². The summed E-state index contributed by atoms with van der Waals surface area (Å²) in [5.41, 5.74) is 3.31. The van der Waals surface area contributed by atoms with Crippen LogP contribution < -0.4 is 4.74 Å². The van der Waals surface area contributed by atoms with Gasteiger partial charge in [0.05, 0.1) is 4.91 Å². The first-order valence-corrected chi connectivity index (χ1v) is 13.9. The molecule has 0 heterocycles. The van der Waals surface area contributed by atoms with Gasteiger partial charge in [0.2, 0.25) is 0 Å². The molecule has 6 heteroatoms. The molecule has 3 aromatic rings. The van der Waals surface area contributed by atoms with Crippen molar-refractivity contribution in [3.8, 4) is 5.75 Å². The summed E-state index contributed by atoms with van der Waals surface area (Å²) in [6.45, 7) is 4.53. The van der Waals surface area contributed by atoms with Crippen LogP contribution in [-0.4, -0.2) is 13.0 Å². The minimum Gasteiger partial charge on any atom is -0.489 e. The summed E-state index contributed by atoms with van der Waals surface area (Å²) in [6, 6.07) is 26.0. The molecular formula is C29H29BrO4S. The van der Waals surface area contributed by atoms with Crippen LogP contribution in [0.25, 0.3) is 0 Å². The fraction of sp³-hybridized carbons (Fsp3) is 0.241. The van der Waals surface area contributed by atoms with Crippen LogP contribution in [0.5, 0.6) is 5.75 Å². The molecule has 0 radical (unpaired) electrons. The molecule has 2 unspecified atom stereocenters. The monoisotopic (exact) mass is 552 g/mol. The van der Waals surface area contributed by atoms with E-state index in [1.807, 2.05) is 79.7 Å². The maximum atomic E-state index is 12.3. The molecule has 4 nitrogen and oxygen atoms in total. The number of rotatable bonds is 8. The highest BCUT2D eigenvalue weighted by Gasteiger charge is 2.47. The van der Waals surface area contributed by atoms with E-state index >= 15 is 0 Å². The van der Waals surface area contributed by atoms with Crippen molar-refractivity contribution in [3.05, 3.63) is 123 Å². The van der Waals surface area contributed by atoms with E-state index < -0.39 is 15.5 Å². The third kappa shape index (κ3) is 5.30. The Morgan fingerprint density at radius 2 is 1.66 bits per heavy atom. The zero-order valence-corrected chi connectivity index (χ0v) is 22.2. The molecule has 0 saturated heterocycles. The van der Waals surface area contributed by atoms with Gasteiger partial charge >= 0.3 is 0 Å². The fourth-order valence-corrected chi connectivity index (χ4v) is 6.19. The van der Waals surface area contributed by atoms with Crippen LogP contribution in [-0.2, 0) is 22.1 Å². The Balaban J connectivity index is 1.92. The Hall–Kier alpha value is -2.67. The number of ether oxygens (including phenoxy) is 1. The molecule has 0 spiro atoms. The second kappa shape index (κ2) is 10.5. The third-order valence-corrected chi connectivity index (χ3v) is 8.31. The SMILES string of the molecule is CCC(c1ccccc1)C1(c2cc(Br)ccc2OCc2ccccc2)CC(S(=O)(=O)O)=CC=C1C. The standard InChI is InChI=1S/C29H29BrO4S/c1-3-26(23-12-8-5-9-13-23)29(19-25(35(31,32)33)16-14-21(29)2)27-18-24(30)15-17-28(27)34-20-22-10-6-4-7-11-22/h4-18,26H,3,19-20H2,1-2H3,(H,31,32,33). The van der Waals surface area contributed by atoms with Crippen molar-refractivity contribution in [2.45, 2.75) is 44.6 Å². The normalized spacial score (nSPS) is 19.0. The third-order valence-electron chi connectivity index (χ3n) is 6.87. The number of benzene rings is 3. The summed E-state index contributed by atoms with van der Waals surface area (Å²) in [4.78, 5) is 0.00599. The van der Waals surface area contributed by atoms with Crippen molar-refractivity contribution in [1.82, 2.24) is 0 Å². The Labute approximate surface area is 216 Å². The van der Waals surface area contributed by atoms with Crippen LogP contribution in [0.3, 0.4) is 0 Å². The van der Waals surface area contributed by atoms with E-state index in [0.29, 0.717) is 12.4 Å². The van der Waals surface area contributed by atoms with Crippen molar-refractivity contribution in [3.63, 3.8) is 0 Å². The van der Waals surface area contributed by atoms with E-state index in [-0.39, 0.29) is 17.2 Å². The van der Waals surface area contributed by atoms with Gasteiger partial charge in [-0.05, 0) is 61.1 Å². The highest BCUT2D eigenvalue weighted by molar-refractivity contribution is 9.10. The van der Waals surface area contributed by atoms with E-state index in [1.165, 1.54) is 6.08 Å². The summed E-state index contributed by atoms with van der Waals surface area (Å²) in [5.74, 6) is 0.634. The minimum absolute atomic E-state index is 0.00599. The van der Waals surface area contributed by atoms with Crippen molar-refractivity contribution in [1.29, 1.82) is 0 Å². The average molecular weight is 554 g/mol. The maximum absolute atomic E-state index is 12.3. The summed E-state index contributed by atoms with van der Waals surface area (Å²) < 4.78 is 42.0. The number of hydrogen-bond acceptors (Lipinski definition) is 3. The van der Waals surface area contributed by atoms with Crippen LogP contribution in [0.4, 0.5) is 0 Å². The van der Waals surface area contributed by atoms with Gasteiger partial charge in [0.25, 0.3) is 10.1 Å². The molecule has 0 aromatic heterocycles. The molecule has 0 amide bonds. The van der Waals surface area contributed by atoms with Gasteiger partial charge in [-0.1, -0.05) is 95.2 Å². The Bertz CT molecular complexity index is 1350. The van der Waals surface area contributed by atoms with Gasteiger partial charge in [0, 0.05) is 15.5 Å². The van der Waals surface area contributed by atoms with Crippen molar-refractivity contribution in [2.75, 3.05) is 0 Å². The van der Waals surface area contributed by atoms with Gasteiger partial charge < -0.3 is 4.74 Å². The summed E-state index contributed by atoms with van der Waals surface area (Å²) in [7, 11) is -4.37. The van der Waals surface area contributed by atoms with E-state index in [1.54, 1.807) is 0 Å². The number of halogens is 1. The summed E-state index contributed by atoms with van der Waals surface area (Å²) in [5, 5.41) is 0. The summed E-state index contributed by atoms with van der Waals surface area (Å²) in [6.07, 6.45) is 4.24. The molecule has 4 rings (SSSR count). The molecule has 1 aliphatic rings. The molecule has 182 valence electrons. The Morgan fingerprint density at radius 3 is 2.29 bits per heavy atom. The predicted molar refractivity (Wildman–Crippen MR) is 144 cm³/mol. The van der Waals surface area contributed by atoms with E-state index in [4.69, 9.17) is 4.74 Å². The molecule has 0 bridgehead atoms. The van der Waals surface area contributed by atoms with Crippen molar-refractivity contribution in [2.24, 2.45) is 0 Å². The predicted octanol–water partition coefficient (Wildman–Crippen LogP) is 7.58. The molecule has 0 fully saturated rings. The lowest BCUT2D eigenvalue weighted by atomic mass is 9.59. The van der Waals surface area contributed by atoms with Crippen molar-refractivity contribution >= 4 is 26.0 Å². The lowest BCUT2D eigenvalue weighted by Crippen LogP contribution is -2.38. The van der Waals surface area contributed by atoms with Gasteiger partial charge in [0.1, 0.15) is 12.4 Å². The Morgan fingerprint density at radius 1 is 1.00 bits per heavy atom. The number of allylic oxidation sites excluding steroid dienone is 4. The minimum atomic E-state index is -4.37. The zero-order chi connectivity index (χ0) is 25.1. The van der Waals surface area contributed by atoms with Crippen LogP contribution in [0.2, 0.25) is 0 Å². The topological polar surface area (TPSA) is 63.6 Å². The fourth-order valence-electron chi connectivity index (χ4n) is 5.18. The smallest absolute Gasteiger partial charge is 0.290 e. The summed E-state index contributed by atoms with van der Waals surface area (Å²) >= 11 is 3.63. The van der Waals surface area contributed by atoms with Gasteiger partial charge in [-0.25, -0.2) is 0 Å². The maximum Gasteiger partial charge on any atom is 0.290 e. The first kappa shape index (κ1) is 25.4. The second-order valence-electron chi connectivity index (χ2n) is 8.89. The van der Waals surface area contributed by atoms with Crippen LogP contribution >= 0.6 is 15.9 Å². The van der Waals surface area contributed by atoms with Gasteiger partial charge in [-0.3, -0.25) is 4.55 Å². The quantitative estimate of drug-likeness (QED) is 0.292. The molecule has 0 saturated carbocycles. The average Bonchev–Trinajstić information content (AvgIpc) is 2.85. The van der Waals surface area contributed by atoms with Crippen LogP contribution in [0, 0.1) is 0 Å². The first-order chi connectivity index (χ1) is 16.8.